The van der Waals surface area contributed by atoms with Crippen LogP contribution in [0.25, 0.3) is 0 Å². The van der Waals surface area contributed by atoms with Crippen LogP contribution in [0, 0.1) is 11.7 Å². The smallest absolute Gasteiger partial charge is 0.123 e. The number of nitrogens with one attached hydrogen (secondary N) is 1. The van der Waals surface area contributed by atoms with Gasteiger partial charge in [0.2, 0.25) is 0 Å². The molecule has 0 spiro atoms. The second kappa shape index (κ2) is 6.89. The van der Waals surface area contributed by atoms with Crippen molar-refractivity contribution in [3.63, 3.8) is 0 Å². The first-order valence-electron chi connectivity index (χ1n) is 8.50. The summed E-state index contributed by atoms with van der Waals surface area (Å²) in [6.45, 7) is 5.70. The standard InChI is InChI=1S/C18H27FN2/c1-2-18(15-6-3-7-16(19)11-15)21(17-8-9-17)13-14-5-4-10-20-12-14/h3,6-7,11,14,17-18,20H,2,4-5,8-10,12-13H2,1H3. The molecule has 1 saturated carbocycles. The van der Waals surface area contributed by atoms with Crippen LogP contribution in [0.3, 0.4) is 0 Å². The molecule has 3 rings (SSSR count). The van der Waals surface area contributed by atoms with Crippen LogP contribution in [-0.4, -0.2) is 30.6 Å². The van der Waals surface area contributed by atoms with Crippen LogP contribution in [0.2, 0.25) is 0 Å². The van der Waals surface area contributed by atoms with Gasteiger partial charge in [-0.3, -0.25) is 4.90 Å². The predicted molar refractivity (Wildman–Crippen MR) is 84.8 cm³/mol. The van der Waals surface area contributed by atoms with Gasteiger partial charge in [-0.05, 0) is 68.8 Å². The number of rotatable bonds is 6. The van der Waals surface area contributed by atoms with Gasteiger partial charge < -0.3 is 5.32 Å². The third kappa shape index (κ3) is 3.83. The van der Waals surface area contributed by atoms with E-state index in [1.54, 1.807) is 12.1 Å². The average Bonchev–Trinajstić information content (AvgIpc) is 3.33. The van der Waals surface area contributed by atoms with Gasteiger partial charge >= 0.3 is 0 Å². The lowest BCUT2D eigenvalue weighted by Gasteiger charge is -2.36. The van der Waals surface area contributed by atoms with Gasteiger partial charge in [0.1, 0.15) is 5.82 Å². The molecule has 0 amide bonds. The molecule has 1 aromatic carbocycles. The fourth-order valence-corrected chi connectivity index (χ4v) is 3.69. The molecule has 1 N–H and O–H groups in total. The minimum Gasteiger partial charge on any atom is -0.316 e. The van der Waals surface area contributed by atoms with Crippen molar-refractivity contribution in [2.75, 3.05) is 19.6 Å². The summed E-state index contributed by atoms with van der Waals surface area (Å²) >= 11 is 0. The lowest BCUT2D eigenvalue weighted by atomic mass is 9.96. The minimum atomic E-state index is -0.110. The van der Waals surface area contributed by atoms with Gasteiger partial charge in [-0.1, -0.05) is 19.1 Å². The quantitative estimate of drug-likeness (QED) is 0.858. The molecular weight excluding hydrogens is 263 g/mol. The van der Waals surface area contributed by atoms with E-state index in [-0.39, 0.29) is 5.82 Å². The maximum atomic E-state index is 13.6. The highest BCUT2D eigenvalue weighted by molar-refractivity contribution is 5.21. The number of hydrogen-bond donors (Lipinski definition) is 1. The summed E-state index contributed by atoms with van der Waals surface area (Å²) in [4.78, 5) is 2.66. The molecule has 2 unspecified atom stereocenters. The van der Waals surface area contributed by atoms with Crippen molar-refractivity contribution in [3.8, 4) is 0 Å². The van der Waals surface area contributed by atoms with E-state index in [0.29, 0.717) is 6.04 Å². The average molecular weight is 290 g/mol. The summed E-state index contributed by atoms with van der Waals surface area (Å²) in [6, 6.07) is 8.30. The predicted octanol–water partition coefficient (Wildman–Crippen LogP) is 3.74. The Kier molecular flexibility index (Phi) is 4.91. The van der Waals surface area contributed by atoms with E-state index >= 15 is 0 Å². The zero-order chi connectivity index (χ0) is 14.7. The third-order valence-electron chi connectivity index (χ3n) is 4.90. The van der Waals surface area contributed by atoms with E-state index in [9.17, 15) is 4.39 Å². The molecule has 2 fully saturated rings. The second-order valence-corrected chi connectivity index (χ2v) is 6.62. The van der Waals surface area contributed by atoms with Crippen molar-refractivity contribution in [2.45, 2.75) is 51.1 Å². The van der Waals surface area contributed by atoms with Crippen LogP contribution >= 0.6 is 0 Å². The van der Waals surface area contributed by atoms with E-state index in [1.165, 1.54) is 32.2 Å². The molecule has 116 valence electrons. The molecule has 1 heterocycles. The molecule has 1 saturated heterocycles. The maximum Gasteiger partial charge on any atom is 0.123 e. The van der Waals surface area contributed by atoms with Crippen molar-refractivity contribution in [1.82, 2.24) is 10.2 Å². The SMILES string of the molecule is CCC(c1cccc(F)c1)N(CC1CCCNC1)C1CC1. The first-order valence-corrected chi connectivity index (χ1v) is 8.50. The molecule has 2 aliphatic rings. The lowest BCUT2D eigenvalue weighted by Crippen LogP contribution is -2.40. The highest BCUT2D eigenvalue weighted by Gasteiger charge is 2.35. The number of piperidine rings is 1. The highest BCUT2D eigenvalue weighted by atomic mass is 19.1. The number of benzene rings is 1. The monoisotopic (exact) mass is 290 g/mol. The van der Waals surface area contributed by atoms with Crippen molar-refractivity contribution in [1.29, 1.82) is 0 Å². The third-order valence-corrected chi connectivity index (χ3v) is 4.90. The van der Waals surface area contributed by atoms with Gasteiger partial charge in [0.25, 0.3) is 0 Å². The summed E-state index contributed by atoms with van der Waals surface area (Å²) in [6.07, 6.45) is 6.30. The molecule has 2 nitrogen and oxygen atoms in total. The summed E-state index contributed by atoms with van der Waals surface area (Å²) in [7, 11) is 0. The van der Waals surface area contributed by atoms with Crippen LogP contribution in [0.5, 0.6) is 0 Å². The van der Waals surface area contributed by atoms with Crippen LogP contribution in [0.1, 0.15) is 50.6 Å². The lowest BCUT2D eigenvalue weighted by molar-refractivity contribution is 0.140. The van der Waals surface area contributed by atoms with E-state index in [2.05, 4.69) is 23.2 Å². The summed E-state index contributed by atoms with van der Waals surface area (Å²) in [5.41, 5.74) is 1.15. The van der Waals surface area contributed by atoms with E-state index < -0.39 is 0 Å². The van der Waals surface area contributed by atoms with E-state index in [1.807, 2.05) is 6.07 Å². The summed E-state index contributed by atoms with van der Waals surface area (Å²) < 4.78 is 13.6. The molecule has 0 radical (unpaired) electrons. The Morgan fingerprint density at radius 3 is 2.81 bits per heavy atom. The van der Waals surface area contributed by atoms with Gasteiger partial charge in [0, 0.05) is 18.6 Å². The van der Waals surface area contributed by atoms with E-state index in [4.69, 9.17) is 0 Å². The Balaban J connectivity index is 1.74. The zero-order valence-corrected chi connectivity index (χ0v) is 13.0. The van der Waals surface area contributed by atoms with Gasteiger partial charge in [-0.15, -0.1) is 0 Å². The first kappa shape index (κ1) is 15.0. The van der Waals surface area contributed by atoms with Crippen molar-refractivity contribution >= 4 is 0 Å². The number of nitrogens with zero attached hydrogens (tertiary/aromatic N) is 1. The Hall–Kier alpha value is -0.930. The topological polar surface area (TPSA) is 15.3 Å². The van der Waals surface area contributed by atoms with Crippen LogP contribution in [-0.2, 0) is 0 Å². The van der Waals surface area contributed by atoms with Gasteiger partial charge in [0.15, 0.2) is 0 Å². The Morgan fingerprint density at radius 1 is 1.33 bits per heavy atom. The van der Waals surface area contributed by atoms with Gasteiger partial charge in [0.05, 0.1) is 0 Å². The molecule has 0 bridgehead atoms. The molecule has 0 aromatic heterocycles. The van der Waals surface area contributed by atoms with Crippen molar-refractivity contribution in [3.05, 3.63) is 35.6 Å². The van der Waals surface area contributed by atoms with Gasteiger partial charge in [-0.2, -0.15) is 0 Å². The zero-order valence-electron chi connectivity index (χ0n) is 13.0. The number of halogens is 1. The molecule has 1 aliphatic heterocycles. The molecule has 1 aromatic rings. The highest BCUT2D eigenvalue weighted by Crippen LogP contribution is 2.37. The van der Waals surface area contributed by atoms with E-state index in [0.717, 1.165) is 37.0 Å². The Morgan fingerprint density at radius 2 is 2.19 bits per heavy atom. The maximum absolute atomic E-state index is 13.6. The normalized spacial score (nSPS) is 24.2. The second-order valence-electron chi connectivity index (χ2n) is 6.62. The summed E-state index contributed by atoms with van der Waals surface area (Å²) in [5.74, 6) is 0.642. The number of hydrogen-bond acceptors (Lipinski definition) is 2. The van der Waals surface area contributed by atoms with Crippen molar-refractivity contribution in [2.24, 2.45) is 5.92 Å². The molecule has 21 heavy (non-hydrogen) atoms. The molecule has 2 atom stereocenters. The van der Waals surface area contributed by atoms with Crippen LogP contribution in [0.4, 0.5) is 4.39 Å². The summed E-state index contributed by atoms with van der Waals surface area (Å²) in [5, 5.41) is 3.52. The molecule has 3 heteroatoms. The minimum absolute atomic E-state index is 0.110. The fourth-order valence-electron chi connectivity index (χ4n) is 3.69. The van der Waals surface area contributed by atoms with Gasteiger partial charge in [-0.25, -0.2) is 4.39 Å². The fraction of sp³-hybridized carbons (Fsp3) is 0.667. The van der Waals surface area contributed by atoms with Crippen LogP contribution in [0.15, 0.2) is 24.3 Å². The molecule has 1 aliphatic carbocycles. The van der Waals surface area contributed by atoms with Crippen LogP contribution < -0.4 is 5.32 Å². The Bertz CT molecular complexity index is 452. The largest absolute Gasteiger partial charge is 0.316 e. The van der Waals surface area contributed by atoms with Crippen molar-refractivity contribution < 1.29 is 4.39 Å². The molecular formula is C18H27FN2. The first-order chi connectivity index (χ1) is 10.3. The Labute approximate surface area is 127 Å².